The van der Waals surface area contributed by atoms with Crippen molar-refractivity contribution >= 4 is 27.6 Å². The minimum Gasteiger partial charge on any atom is -0.478 e. The lowest BCUT2D eigenvalue weighted by Gasteiger charge is -2.26. The van der Waals surface area contributed by atoms with Gasteiger partial charge in [-0.3, -0.25) is 0 Å². The van der Waals surface area contributed by atoms with Crippen LogP contribution in [0.1, 0.15) is 29.6 Å². The maximum Gasteiger partial charge on any atom is 0.337 e. The first-order chi connectivity index (χ1) is 9.16. The molecule has 2 N–H and O–H groups in total. The van der Waals surface area contributed by atoms with Crippen molar-refractivity contribution in [2.75, 3.05) is 31.5 Å². The molecule has 4 nitrogen and oxygen atoms in total. The summed E-state index contributed by atoms with van der Waals surface area (Å²) in [5.74, 6) is -0.901. The molecule has 0 unspecified atom stereocenters. The van der Waals surface area contributed by atoms with Crippen molar-refractivity contribution in [1.29, 1.82) is 0 Å². The fourth-order valence-electron chi connectivity index (χ4n) is 2.38. The van der Waals surface area contributed by atoms with Crippen molar-refractivity contribution in [1.82, 2.24) is 4.90 Å². The molecule has 0 saturated carbocycles. The first-order valence-electron chi connectivity index (χ1n) is 6.66. The molecule has 0 aromatic heterocycles. The summed E-state index contributed by atoms with van der Waals surface area (Å²) >= 11 is 3.30. The van der Waals surface area contributed by atoms with Gasteiger partial charge in [0, 0.05) is 23.2 Å². The number of hydrogen-bond donors (Lipinski definition) is 2. The van der Waals surface area contributed by atoms with Crippen LogP contribution >= 0.6 is 15.9 Å². The molecule has 1 heterocycles. The number of piperidine rings is 1. The highest BCUT2D eigenvalue weighted by atomic mass is 79.9. The molecule has 0 spiro atoms. The van der Waals surface area contributed by atoms with E-state index in [0.29, 0.717) is 11.3 Å². The molecule has 0 bridgehead atoms. The third-order valence-corrected chi connectivity index (χ3v) is 3.90. The molecule has 0 aliphatic carbocycles. The Morgan fingerprint density at radius 2 is 2.05 bits per heavy atom. The number of anilines is 1. The monoisotopic (exact) mass is 326 g/mol. The van der Waals surface area contributed by atoms with Gasteiger partial charge in [0.25, 0.3) is 0 Å². The number of halogens is 1. The number of aromatic carboxylic acids is 1. The summed E-state index contributed by atoms with van der Waals surface area (Å²) in [6.07, 6.45) is 3.89. The molecule has 0 amide bonds. The Labute approximate surface area is 121 Å². The normalized spacial score (nSPS) is 16.3. The Kier molecular flexibility index (Phi) is 5.22. The molecule has 1 aromatic rings. The van der Waals surface area contributed by atoms with E-state index in [1.807, 2.05) is 12.1 Å². The molecule has 1 saturated heterocycles. The number of likely N-dealkylation sites (tertiary alicyclic amines) is 1. The summed E-state index contributed by atoms with van der Waals surface area (Å²) in [5.41, 5.74) is 1.00. The zero-order valence-electron chi connectivity index (χ0n) is 10.9. The smallest absolute Gasteiger partial charge is 0.337 e. The van der Waals surface area contributed by atoms with Gasteiger partial charge in [-0.2, -0.15) is 0 Å². The third-order valence-electron chi connectivity index (χ3n) is 3.40. The van der Waals surface area contributed by atoms with Crippen LogP contribution in [0.3, 0.4) is 0 Å². The molecule has 1 aromatic carbocycles. The van der Waals surface area contributed by atoms with Crippen LogP contribution in [0.5, 0.6) is 0 Å². The van der Waals surface area contributed by atoms with Crippen LogP contribution in [-0.4, -0.2) is 42.2 Å². The quantitative estimate of drug-likeness (QED) is 0.873. The fraction of sp³-hybridized carbons (Fsp3) is 0.500. The number of benzene rings is 1. The predicted octanol–water partition coefficient (Wildman–Crippen LogP) is 3.05. The van der Waals surface area contributed by atoms with E-state index in [4.69, 9.17) is 5.11 Å². The van der Waals surface area contributed by atoms with E-state index in [-0.39, 0.29) is 0 Å². The lowest BCUT2D eigenvalue weighted by molar-refractivity contribution is 0.0698. The van der Waals surface area contributed by atoms with Gasteiger partial charge < -0.3 is 15.3 Å². The van der Waals surface area contributed by atoms with Gasteiger partial charge in [0.05, 0.1) is 5.56 Å². The standard InChI is InChI=1S/C14H19BrN2O2/c15-11-4-5-13(12(10-11)14(18)19)16-6-9-17-7-2-1-3-8-17/h4-5,10,16H,1-3,6-9H2,(H,18,19). The number of nitrogens with one attached hydrogen (secondary N) is 1. The van der Waals surface area contributed by atoms with Crippen LogP contribution in [-0.2, 0) is 0 Å². The molecule has 2 rings (SSSR count). The van der Waals surface area contributed by atoms with Gasteiger partial charge >= 0.3 is 5.97 Å². The number of carbonyl (C=O) groups is 1. The number of carboxylic acids is 1. The molecule has 1 aliphatic heterocycles. The van der Waals surface area contributed by atoms with E-state index in [1.54, 1.807) is 6.07 Å². The molecule has 104 valence electrons. The van der Waals surface area contributed by atoms with E-state index in [2.05, 4.69) is 26.1 Å². The molecule has 1 aliphatic rings. The molecule has 0 atom stereocenters. The molecular weight excluding hydrogens is 308 g/mol. The Hall–Kier alpha value is -1.07. The van der Waals surface area contributed by atoms with Crippen LogP contribution in [0.2, 0.25) is 0 Å². The first-order valence-corrected chi connectivity index (χ1v) is 7.45. The van der Waals surface area contributed by atoms with E-state index < -0.39 is 5.97 Å². The second-order valence-electron chi connectivity index (χ2n) is 4.82. The van der Waals surface area contributed by atoms with Crippen molar-refractivity contribution in [3.05, 3.63) is 28.2 Å². The first kappa shape index (κ1) is 14.3. The van der Waals surface area contributed by atoms with Gasteiger partial charge in [-0.05, 0) is 44.1 Å². The minimum atomic E-state index is -0.901. The van der Waals surface area contributed by atoms with Crippen LogP contribution in [0, 0.1) is 0 Å². The Morgan fingerprint density at radius 1 is 1.32 bits per heavy atom. The van der Waals surface area contributed by atoms with Crippen molar-refractivity contribution < 1.29 is 9.90 Å². The van der Waals surface area contributed by atoms with Crippen molar-refractivity contribution in [2.24, 2.45) is 0 Å². The molecular formula is C14H19BrN2O2. The number of hydrogen-bond acceptors (Lipinski definition) is 3. The van der Waals surface area contributed by atoms with Crippen LogP contribution in [0.15, 0.2) is 22.7 Å². The van der Waals surface area contributed by atoms with E-state index in [9.17, 15) is 4.79 Å². The summed E-state index contributed by atoms with van der Waals surface area (Å²) in [6, 6.07) is 5.30. The lowest BCUT2D eigenvalue weighted by atomic mass is 10.1. The maximum absolute atomic E-state index is 11.2. The van der Waals surface area contributed by atoms with E-state index in [1.165, 1.54) is 19.3 Å². The van der Waals surface area contributed by atoms with E-state index >= 15 is 0 Å². The Bertz CT molecular complexity index is 445. The minimum absolute atomic E-state index is 0.313. The highest BCUT2D eigenvalue weighted by Crippen LogP contribution is 2.21. The molecule has 1 fully saturated rings. The summed E-state index contributed by atoms with van der Waals surface area (Å²) in [5, 5.41) is 12.4. The van der Waals surface area contributed by atoms with Gasteiger partial charge in [0.2, 0.25) is 0 Å². The highest BCUT2D eigenvalue weighted by molar-refractivity contribution is 9.10. The summed E-state index contributed by atoms with van der Waals surface area (Å²) < 4.78 is 0.784. The largest absolute Gasteiger partial charge is 0.478 e. The average molecular weight is 327 g/mol. The molecule has 0 radical (unpaired) electrons. The van der Waals surface area contributed by atoms with Crippen LogP contribution in [0.4, 0.5) is 5.69 Å². The third kappa shape index (κ3) is 4.21. The highest BCUT2D eigenvalue weighted by Gasteiger charge is 2.12. The van der Waals surface area contributed by atoms with Gasteiger partial charge in [-0.15, -0.1) is 0 Å². The molecule has 19 heavy (non-hydrogen) atoms. The van der Waals surface area contributed by atoms with Gasteiger partial charge in [0.1, 0.15) is 0 Å². The maximum atomic E-state index is 11.2. The number of carboxylic acid groups (broad SMARTS) is 1. The topological polar surface area (TPSA) is 52.6 Å². The Balaban J connectivity index is 1.89. The Morgan fingerprint density at radius 3 is 2.74 bits per heavy atom. The average Bonchev–Trinajstić information content (AvgIpc) is 2.41. The fourth-order valence-corrected chi connectivity index (χ4v) is 2.74. The summed E-state index contributed by atoms with van der Waals surface area (Å²) in [6.45, 7) is 4.07. The predicted molar refractivity (Wildman–Crippen MR) is 79.9 cm³/mol. The number of nitrogens with zero attached hydrogens (tertiary/aromatic N) is 1. The summed E-state index contributed by atoms with van der Waals surface area (Å²) in [7, 11) is 0. The second kappa shape index (κ2) is 6.91. The lowest BCUT2D eigenvalue weighted by Crippen LogP contribution is -2.33. The molecule has 5 heteroatoms. The van der Waals surface area contributed by atoms with Crippen LogP contribution < -0.4 is 5.32 Å². The summed E-state index contributed by atoms with van der Waals surface area (Å²) in [4.78, 5) is 13.6. The van der Waals surface area contributed by atoms with Gasteiger partial charge in [-0.25, -0.2) is 4.79 Å². The van der Waals surface area contributed by atoms with Crippen LogP contribution in [0.25, 0.3) is 0 Å². The van der Waals surface area contributed by atoms with Crippen molar-refractivity contribution in [2.45, 2.75) is 19.3 Å². The zero-order chi connectivity index (χ0) is 13.7. The van der Waals surface area contributed by atoms with Crippen molar-refractivity contribution in [3.8, 4) is 0 Å². The zero-order valence-corrected chi connectivity index (χ0v) is 12.4. The SMILES string of the molecule is O=C(O)c1cc(Br)ccc1NCCN1CCCCC1. The second-order valence-corrected chi connectivity index (χ2v) is 5.74. The van der Waals surface area contributed by atoms with Gasteiger partial charge in [0.15, 0.2) is 0 Å². The van der Waals surface area contributed by atoms with Crippen molar-refractivity contribution in [3.63, 3.8) is 0 Å². The van der Waals surface area contributed by atoms with Gasteiger partial charge in [-0.1, -0.05) is 22.4 Å². The van der Waals surface area contributed by atoms with E-state index in [0.717, 1.165) is 30.7 Å². The number of rotatable bonds is 5.